The van der Waals surface area contributed by atoms with Gasteiger partial charge in [-0.25, -0.2) is 18.7 Å². The molecule has 6 nitrogen and oxygen atoms in total. The molecule has 37 heavy (non-hydrogen) atoms. The summed E-state index contributed by atoms with van der Waals surface area (Å²) in [6.45, 7) is 4.00. The fourth-order valence-electron chi connectivity index (χ4n) is 4.68. The Morgan fingerprint density at radius 1 is 0.946 bits per heavy atom. The van der Waals surface area contributed by atoms with Crippen LogP contribution < -0.4 is 0 Å². The standard InChI is InChI=1S/C29H28F2N4O2/c1-2-3-26(36)34-14-16-35(17-15-34)29(37)21-8-13-24-25(18-21)33-28(20-6-11-23(31)12-7-20)27(32-24)19-4-9-22(30)10-5-19/h4-11,13,18,23H,2-3,12,14-17H2,1H3. The maximum atomic E-state index is 13.7. The molecular formula is C29H28F2N4O2. The number of alkyl halides is 1. The van der Waals surface area contributed by atoms with Crippen LogP contribution in [0.5, 0.6) is 0 Å². The summed E-state index contributed by atoms with van der Waals surface area (Å²) in [6, 6.07) is 11.2. The molecule has 2 aliphatic rings. The zero-order valence-corrected chi connectivity index (χ0v) is 20.7. The minimum absolute atomic E-state index is 0.118. The Labute approximate surface area is 214 Å². The predicted octanol–water partition coefficient (Wildman–Crippen LogP) is 5.20. The summed E-state index contributed by atoms with van der Waals surface area (Å²) < 4.78 is 27.3. The van der Waals surface area contributed by atoms with Gasteiger partial charge in [0.25, 0.3) is 5.91 Å². The largest absolute Gasteiger partial charge is 0.339 e. The molecule has 2 amide bonds. The molecular weight excluding hydrogens is 474 g/mol. The fourth-order valence-corrected chi connectivity index (χ4v) is 4.68. The molecule has 5 rings (SSSR count). The Morgan fingerprint density at radius 3 is 2.32 bits per heavy atom. The summed E-state index contributed by atoms with van der Waals surface area (Å²) in [5.74, 6) is -0.340. The summed E-state index contributed by atoms with van der Waals surface area (Å²) >= 11 is 0. The van der Waals surface area contributed by atoms with Gasteiger partial charge in [0.1, 0.15) is 12.0 Å². The van der Waals surface area contributed by atoms with Crippen molar-refractivity contribution in [1.29, 1.82) is 0 Å². The molecule has 2 heterocycles. The monoisotopic (exact) mass is 502 g/mol. The molecule has 3 aromatic rings. The lowest BCUT2D eigenvalue weighted by atomic mass is 9.98. The third kappa shape index (κ3) is 5.28. The van der Waals surface area contributed by atoms with Gasteiger partial charge in [0, 0.05) is 50.1 Å². The number of allylic oxidation sites excluding steroid dienone is 4. The Kier molecular flexibility index (Phi) is 7.08. The molecule has 0 bridgehead atoms. The second-order valence-electron chi connectivity index (χ2n) is 9.32. The van der Waals surface area contributed by atoms with Crippen molar-refractivity contribution in [3.8, 4) is 11.3 Å². The Hall–Kier alpha value is -3.94. The van der Waals surface area contributed by atoms with Crippen LogP contribution in [0, 0.1) is 5.82 Å². The van der Waals surface area contributed by atoms with Gasteiger partial charge in [-0.2, -0.15) is 0 Å². The highest BCUT2D eigenvalue weighted by atomic mass is 19.1. The van der Waals surface area contributed by atoms with E-state index in [1.54, 1.807) is 47.4 Å². The topological polar surface area (TPSA) is 66.4 Å². The van der Waals surface area contributed by atoms with Gasteiger partial charge in [-0.05, 0) is 60.5 Å². The average Bonchev–Trinajstić information content (AvgIpc) is 2.93. The molecule has 0 saturated carbocycles. The first-order valence-corrected chi connectivity index (χ1v) is 12.6. The van der Waals surface area contributed by atoms with E-state index in [1.807, 2.05) is 11.8 Å². The molecule has 190 valence electrons. The number of amides is 2. The van der Waals surface area contributed by atoms with Gasteiger partial charge in [0.2, 0.25) is 5.91 Å². The lowest BCUT2D eigenvalue weighted by Gasteiger charge is -2.34. The van der Waals surface area contributed by atoms with Crippen molar-refractivity contribution in [1.82, 2.24) is 19.8 Å². The SMILES string of the molecule is CCCC(=O)N1CCN(C(=O)c2ccc3nc(-c4ccc(F)cc4)c(C4=CCC(F)C=C4)nc3c2)CC1. The number of hydrogen-bond acceptors (Lipinski definition) is 4. The number of carbonyl (C=O) groups excluding carboxylic acids is 2. The maximum absolute atomic E-state index is 13.7. The molecule has 1 aliphatic heterocycles. The van der Waals surface area contributed by atoms with Gasteiger partial charge < -0.3 is 9.80 Å². The van der Waals surface area contributed by atoms with E-state index < -0.39 is 6.17 Å². The molecule has 1 aliphatic carbocycles. The van der Waals surface area contributed by atoms with Crippen LogP contribution in [0.25, 0.3) is 27.9 Å². The fraction of sp³-hybridized carbons (Fsp3) is 0.310. The number of benzene rings is 2. The van der Waals surface area contributed by atoms with Crippen molar-refractivity contribution in [3.05, 3.63) is 77.8 Å². The van der Waals surface area contributed by atoms with E-state index in [1.165, 1.54) is 18.2 Å². The minimum Gasteiger partial charge on any atom is -0.339 e. The van der Waals surface area contributed by atoms with E-state index in [9.17, 15) is 18.4 Å². The Morgan fingerprint density at radius 2 is 1.65 bits per heavy atom. The van der Waals surface area contributed by atoms with E-state index >= 15 is 0 Å². The molecule has 1 atom stereocenters. The van der Waals surface area contributed by atoms with Gasteiger partial charge in [0.15, 0.2) is 0 Å². The number of nitrogens with zero attached hydrogens (tertiary/aromatic N) is 4. The zero-order chi connectivity index (χ0) is 25.9. The summed E-state index contributed by atoms with van der Waals surface area (Å²) in [6.07, 6.45) is 5.47. The van der Waals surface area contributed by atoms with E-state index in [0.717, 1.165) is 12.0 Å². The smallest absolute Gasteiger partial charge is 0.254 e. The average molecular weight is 503 g/mol. The van der Waals surface area contributed by atoms with Gasteiger partial charge in [-0.15, -0.1) is 0 Å². The van der Waals surface area contributed by atoms with Gasteiger partial charge in [-0.1, -0.05) is 19.1 Å². The van der Waals surface area contributed by atoms with Gasteiger partial charge >= 0.3 is 0 Å². The molecule has 1 saturated heterocycles. The summed E-state index contributed by atoms with van der Waals surface area (Å²) in [5, 5.41) is 0. The zero-order valence-electron chi connectivity index (χ0n) is 20.7. The highest BCUT2D eigenvalue weighted by Gasteiger charge is 2.25. The number of hydrogen-bond donors (Lipinski definition) is 0. The predicted molar refractivity (Wildman–Crippen MR) is 139 cm³/mol. The second kappa shape index (κ2) is 10.6. The normalized spacial score (nSPS) is 17.7. The maximum Gasteiger partial charge on any atom is 0.254 e. The molecule has 0 N–H and O–H groups in total. The first kappa shape index (κ1) is 24.7. The van der Waals surface area contributed by atoms with Crippen LogP contribution in [-0.2, 0) is 4.79 Å². The third-order valence-electron chi connectivity index (χ3n) is 6.73. The van der Waals surface area contributed by atoms with E-state index in [-0.39, 0.29) is 24.1 Å². The van der Waals surface area contributed by atoms with Crippen LogP contribution in [0.4, 0.5) is 8.78 Å². The van der Waals surface area contributed by atoms with E-state index in [4.69, 9.17) is 9.97 Å². The van der Waals surface area contributed by atoms with Gasteiger partial charge in [-0.3, -0.25) is 9.59 Å². The molecule has 1 unspecified atom stereocenters. The van der Waals surface area contributed by atoms with Crippen molar-refractivity contribution in [2.24, 2.45) is 0 Å². The highest BCUT2D eigenvalue weighted by Crippen LogP contribution is 2.31. The third-order valence-corrected chi connectivity index (χ3v) is 6.73. The van der Waals surface area contributed by atoms with Crippen LogP contribution in [-0.4, -0.2) is 63.9 Å². The second-order valence-corrected chi connectivity index (χ2v) is 9.32. The summed E-state index contributed by atoms with van der Waals surface area (Å²) in [4.78, 5) is 38.7. The number of rotatable bonds is 5. The number of halogens is 2. The van der Waals surface area contributed by atoms with Crippen LogP contribution in [0.2, 0.25) is 0 Å². The molecule has 8 heteroatoms. The number of carbonyl (C=O) groups is 2. The van der Waals surface area contributed by atoms with Crippen LogP contribution in [0.1, 0.15) is 42.2 Å². The number of aromatic nitrogens is 2. The van der Waals surface area contributed by atoms with E-state index in [0.29, 0.717) is 66.1 Å². The first-order chi connectivity index (χ1) is 17.9. The van der Waals surface area contributed by atoms with Crippen LogP contribution >= 0.6 is 0 Å². The van der Waals surface area contributed by atoms with E-state index in [2.05, 4.69) is 0 Å². The minimum atomic E-state index is -1.05. The Balaban J connectivity index is 1.46. The van der Waals surface area contributed by atoms with Crippen molar-refractivity contribution in [2.45, 2.75) is 32.4 Å². The Bertz CT molecular complexity index is 1390. The highest BCUT2D eigenvalue weighted by molar-refractivity contribution is 5.98. The van der Waals surface area contributed by atoms with Gasteiger partial charge in [0.05, 0.1) is 22.4 Å². The number of fused-ring (bicyclic) bond motifs is 1. The van der Waals surface area contributed by atoms with Crippen molar-refractivity contribution in [2.75, 3.05) is 26.2 Å². The van der Waals surface area contributed by atoms with Crippen LogP contribution in [0.15, 0.2) is 60.7 Å². The molecule has 0 spiro atoms. The lowest BCUT2D eigenvalue weighted by Crippen LogP contribution is -2.50. The summed E-state index contributed by atoms with van der Waals surface area (Å²) in [5.41, 5.74) is 4.17. The molecule has 2 aromatic carbocycles. The molecule has 1 fully saturated rings. The van der Waals surface area contributed by atoms with Crippen molar-refractivity contribution >= 4 is 28.4 Å². The summed E-state index contributed by atoms with van der Waals surface area (Å²) in [7, 11) is 0. The molecule has 0 radical (unpaired) electrons. The van der Waals surface area contributed by atoms with Crippen LogP contribution in [0.3, 0.4) is 0 Å². The molecule has 1 aromatic heterocycles. The lowest BCUT2D eigenvalue weighted by molar-refractivity contribution is -0.132. The van der Waals surface area contributed by atoms with Crippen molar-refractivity contribution < 1.29 is 18.4 Å². The van der Waals surface area contributed by atoms with Crippen molar-refractivity contribution in [3.63, 3.8) is 0 Å². The quantitative estimate of drug-likeness (QED) is 0.481. The number of piperazine rings is 1. The first-order valence-electron chi connectivity index (χ1n) is 12.6.